The number of anilines is 1. The molecule has 5 rings (SSSR count). The van der Waals surface area contributed by atoms with Crippen molar-refractivity contribution in [3.05, 3.63) is 83.5 Å². The van der Waals surface area contributed by atoms with Crippen LogP contribution in [0.3, 0.4) is 0 Å². The van der Waals surface area contributed by atoms with Crippen LogP contribution in [0.5, 0.6) is 0 Å². The molecule has 2 unspecified atom stereocenters. The summed E-state index contributed by atoms with van der Waals surface area (Å²) in [5.74, 6) is -0.0116. The molecular weight excluding hydrogens is 481 g/mol. The second-order valence-corrected chi connectivity index (χ2v) is 10.6. The van der Waals surface area contributed by atoms with Crippen molar-refractivity contribution >= 4 is 34.0 Å². The Balaban J connectivity index is 1.33. The van der Waals surface area contributed by atoms with Crippen molar-refractivity contribution in [3.8, 4) is 0 Å². The van der Waals surface area contributed by atoms with Gasteiger partial charge >= 0.3 is 0 Å². The highest BCUT2D eigenvalue weighted by Crippen LogP contribution is 2.38. The average molecular weight is 506 g/mol. The first-order valence-corrected chi connectivity index (χ1v) is 12.9. The lowest BCUT2D eigenvalue weighted by Crippen LogP contribution is -2.39. The highest BCUT2D eigenvalue weighted by molar-refractivity contribution is 7.85. The molecule has 8 nitrogen and oxygen atoms in total. The van der Waals surface area contributed by atoms with Crippen LogP contribution in [-0.2, 0) is 33.9 Å². The van der Waals surface area contributed by atoms with E-state index in [-0.39, 0.29) is 18.1 Å². The van der Waals surface area contributed by atoms with Crippen molar-refractivity contribution in [3.63, 3.8) is 0 Å². The molecule has 4 aromatic rings. The number of aromatic nitrogens is 4. The van der Waals surface area contributed by atoms with E-state index in [9.17, 15) is 18.2 Å². The number of hydrogen-bond acceptors (Lipinski definition) is 6. The molecule has 10 heteroatoms. The van der Waals surface area contributed by atoms with Crippen LogP contribution in [0, 0.1) is 5.95 Å². The topological polar surface area (TPSA) is 106 Å². The normalized spacial score (nSPS) is 18.1. The van der Waals surface area contributed by atoms with Gasteiger partial charge in [-0.05, 0) is 49.6 Å². The van der Waals surface area contributed by atoms with Gasteiger partial charge < -0.3 is 5.32 Å². The van der Waals surface area contributed by atoms with E-state index in [1.54, 1.807) is 43.3 Å². The van der Waals surface area contributed by atoms with E-state index in [2.05, 4.69) is 20.3 Å². The van der Waals surface area contributed by atoms with Crippen molar-refractivity contribution in [2.75, 3.05) is 11.1 Å². The van der Waals surface area contributed by atoms with Gasteiger partial charge in [0.15, 0.2) is 11.4 Å². The Kier molecular flexibility index (Phi) is 6.21. The van der Waals surface area contributed by atoms with E-state index in [4.69, 9.17) is 0 Å². The molecule has 36 heavy (non-hydrogen) atoms. The molecule has 2 atom stereocenters. The summed E-state index contributed by atoms with van der Waals surface area (Å²) in [4.78, 5) is 39.9. The molecule has 0 radical (unpaired) electrons. The number of Topliss-reactive ketones (excluding diaryl/α,β-unsaturated/α-hetero) is 1. The second-order valence-electron chi connectivity index (χ2n) is 8.91. The van der Waals surface area contributed by atoms with E-state index in [1.165, 1.54) is 16.8 Å². The number of pyridine rings is 1. The minimum Gasteiger partial charge on any atom is -0.310 e. The Hall–Kier alpha value is -3.79. The molecule has 0 saturated carbocycles. The molecule has 0 spiro atoms. The first kappa shape index (κ1) is 23.9. The van der Waals surface area contributed by atoms with Crippen LogP contribution in [0.1, 0.15) is 47.6 Å². The number of halogens is 1. The van der Waals surface area contributed by atoms with E-state index in [0.29, 0.717) is 47.0 Å². The average Bonchev–Trinajstić information content (AvgIpc) is 3.27. The largest absolute Gasteiger partial charge is 0.310 e. The first-order chi connectivity index (χ1) is 17.3. The van der Waals surface area contributed by atoms with Crippen LogP contribution in [0.2, 0.25) is 0 Å². The molecule has 1 aliphatic rings. The van der Waals surface area contributed by atoms with Crippen LogP contribution in [-0.4, -0.2) is 41.0 Å². The van der Waals surface area contributed by atoms with Gasteiger partial charge in [-0.2, -0.15) is 4.39 Å². The lowest BCUT2D eigenvalue weighted by molar-refractivity contribution is -0.115. The number of carbonyl (C=O) groups is 2. The summed E-state index contributed by atoms with van der Waals surface area (Å²) >= 11 is 0. The highest BCUT2D eigenvalue weighted by Gasteiger charge is 2.43. The molecule has 1 N–H and O–H groups in total. The number of hydrogen-bond donors (Lipinski definition) is 1. The third-order valence-corrected chi connectivity index (χ3v) is 7.89. The van der Waals surface area contributed by atoms with Crippen LogP contribution in [0.4, 0.5) is 10.2 Å². The van der Waals surface area contributed by atoms with Gasteiger partial charge in [0.1, 0.15) is 5.82 Å². The van der Waals surface area contributed by atoms with Crippen molar-refractivity contribution in [1.82, 2.24) is 19.4 Å². The van der Waals surface area contributed by atoms with Crippen LogP contribution in [0.15, 0.2) is 59.9 Å². The molecule has 3 heterocycles. The maximum Gasteiger partial charge on any atom is 0.229 e. The van der Waals surface area contributed by atoms with Crippen LogP contribution >= 0.6 is 0 Å². The number of amides is 1. The first-order valence-electron chi connectivity index (χ1n) is 11.6. The van der Waals surface area contributed by atoms with Crippen molar-refractivity contribution in [2.45, 2.75) is 43.4 Å². The van der Waals surface area contributed by atoms with Gasteiger partial charge in [0.05, 0.1) is 40.2 Å². The zero-order valence-corrected chi connectivity index (χ0v) is 20.6. The number of rotatable bonds is 6. The molecule has 1 amide bonds. The number of fused-ring (bicyclic) bond motifs is 2. The van der Waals surface area contributed by atoms with Gasteiger partial charge in [-0.1, -0.05) is 19.1 Å². The summed E-state index contributed by atoms with van der Waals surface area (Å²) in [6, 6.07) is 10.4. The summed E-state index contributed by atoms with van der Waals surface area (Å²) in [6.07, 6.45) is 5.12. The van der Waals surface area contributed by atoms with Crippen LogP contribution < -0.4 is 5.32 Å². The minimum absolute atomic E-state index is 0.144. The zero-order chi connectivity index (χ0) is 25.4. The Labute approximate surface area is 209 Å². The number of aryl methyl sites for hydroxylation is 1. The molecule has 0 aliphatic heterocycles. The maximum absolute atomic E-state index is 14.0. The molecule has 0 fully saturated rings. The molecule has 3 aromatic heterocycles. The van der Waals surface area contributed by atoms with E-state index in [1.807, 2.05) is 6.92 Å². The highest BCUT2D eigenvalue weighted by atomic mass is 32.2. The third kappa shape index (κ3) is 4.21. The minimum atomic E-state index is -1.03. The number of benzene rings is 1. The summed E-state index contributed by atoms with van der Waals surface area (Å²) in [5, 5.41) is 2.79. The summed E-state index contributed by atoms with van der Waals surface area (Å²) in [7, 11) is -1.03. The quantitative estimate of drug-likeness (QED) is 0.429. The Morgan fingerprint density at radius 2 is 1.97 bits per heavy atom. The Morgan fingerprint density at radius 3 is 2.72 bits per heavy atom. The smallest absolute Gasteiger partial charge is 0.229 e. The van der Waals surface area contributed by atoms with Gasteiger partial charge in [0.25, 0.3) is 0 Å². The standard InChI is InChI=1S/C26H24FN5O3S/c1-3-36(35)17-6-4-16(5-7-17)14-22(33)31-21-9-8-18-19(30-21)10-11-26(2,24(18)34)23-25-29-15-20(27)32(25)13-12-28-23/h4-9,12-13,15H,3,10-11,14H2,1-2H3,(H,30,31,33). The number of imidazole rings is 1. The van der Waals surface area contributed by atoms with Crippen molar-refractivity contribution in [1.29, 1.82) is 0 Å². The molecule has 0 bridgehead atoms. The fraction of sp³-hybridized carbons (Fsp3) is 0.269. The molecule has 1 aliphatic carbocycles. The monoisotopic (exact) mass is 505 g/mol. The third-order valence-electron chi connectivity index (χ3n) is 6.57. The predicted molar refractivity (Wildman–Crippen MR) is 133 cm³/mol. The van der Waals surface area contributed by atoms with Gasteiger partial charge in [0.2, 0.25) is 11.9 Å². The summed E-state index contributed by atoms with van der Waals surface area (Å²) in [6.45, 7) is 3.65. The Morgan fingerprint density at radius 1 is 1.19 bits per heavy atom. The lowest BCUT2D eigenvalue weighted by Gasteiger charge is -2.32. The van der Waals surface area contributed by atoms with E-state index in [0.717, 1.165) is 16.7 Å². The summed E-state index contributed by atoms with van der Waals surface area (Å²) in [5.41, 5.74) is 1.62. The fourth-order valence-corrected chi connectivity index (χ4v) is 5.32. The van der Waals surface area contributed by atoms with E-state index < -0.39 is 22.2 Å². The number of nitrogens with zero attached hydrogens (tertiary/aromatic N) is 4. The van der Waals surface area contributed by atoms with Crippen molar-refractivity contribution < 1.29 is 18.2 Å². The number of nitrogens with one attached hydrogen (secondary N) is 1. The molecule has 0 saturated heterocycles. The van der Waals surface area contributed by atoms with Gasteiger partial charge in [-0.15, -0.1) is 0 Å². The van der Waals surface area contributed by atoms with E-state index >= 15 is 0 Å². The molecular formula is C26H24FN5O3S. The molecule has 184 valence electrons. The second kappa shape index (κ2) is 9.34. The number of ketones is 1. The number of carbonyl (C=O) groups excluding carboxylic acids is 2. The Bertz CT molecular complexity index is 1520. The van der Waals surface area contributed by atoms with Crippen LogP contribution in [0.25, 0.3) is 5.65 Å². The SMILES string of the molecule is CCS(=O)c1ccc(CC(=O)Nc2ccc3c(n2)CCC(C)(c2nccn4c(F)cnc24)C3=O)cc1. The predicted octanol–water partition coefficient (Wildman–Crippen LogP) is 3.66. The molecule has 1 aromatic carbocycles. The lowest BCUT2D eigenvalue weighted by atomic mass is 9.71. The van der Waals surface area contributed by atoms with Gasteiger partial charge in [-0.25, -0.2) is 9.97 Å². The summed E-state index contributed by atoms with van der Waals surface area (Å²) < 4.78 is 27.2. The maximum atomic E-state index is 14.0. The van der Waals surface area contributed by atoms with Gasteiger partial charge in [-0.3, -0.25) is 23.2 Å². The van der Waals surface area contributed by atoms with Crippen molar-refractivity contribution in [2.24, 2.45) is 0 Å². The van der Waals surface area contributed by atoms with Gasteiger partial charge in [0, 0.05) is 28.6 Å². The fourth-order valence-electron chi connectivity index (χ4n) is 4.55. The zero-order valence-electron chi connectivity index (χ0n) is 19.8.